The molecule has 0 aliphatic heterocycles. The molecule has 0 bridgehead atoms. The Labute approximate surface area is 128 Å². The number of ether oxygens (including phenoxy) is 1. The zero-order chi connectivity index (χ0) is 16.2. The third-order valence-corrected chi connectivity index (χ3v) is 2.51. The molecule has 0 aliphatic carbocycles. The minimum absolute atomic E-state index is 0.213. The predicted octanol–water partition coefficient (Wildman–Crippen LogP) is 3.88. The van der Waals surface area contributed by atoms with Crippen LogP contribution in [0.4, 0.5) is 16.2 Å². The molecule has 6 heteroatoms. The molecule has 22 heavy (non-hydrogen) atoms. The number of hydrogen-bond donors (Lipinski definition) is 2. The summed E-state index contributed by atoms with van der Waals surface area (Å²) in [6, 6.07) is 9.95. The maximum atomic E-state index is 11.9. The molecule has 0 radical (unpaired) electrons. The van der Waals surface area contributed by atoms with Crippen LogP contribution in [0.1, 0.15) is 31.3 Å². The molecule has 0 unspecified atom stereocenters. The van der Waals surface area contributed by atoms with E-state index in [2.05, 4.69) is 10.6 Å². The second-order valence-corrected chi connectivity index (χ2v) is 5.64. The van der Waals surface area contributed by atoms with Crippen LogP contribution in [0.15, 0.2) is 47.1 Å². The van der Waals surface area contributed by atoms with Crippen LogP contribution in [-0.4, -0.2) is 17.6 Å². The van der Waals surface area contributed by atoms with Crippen molar-refractivity contribution in [3.8, 4) is 0 Å². The average molecular weight is 302 g/mol. The summed E-state index contributed by atoms with van der Waals surface area (Å²) in [5.74, 6) is -0.148. The van der Waals surface area contributed by atoms with Gasteiger partial charge in [-0.15, -0.1) is 0 Å². The fraction of sp³-hybridized carbons (Fsp3) is 0.250. The largest absolute Gasteiger partial charge is 0.459 e. The Morgan fingerprint density at radius 3 is 2.32 bits per heavy atom. The van der Waals surface area contributed by atoms with E-state index >= 15 is 0 Å². The zero-order valence-corrected chi connectivity index (χ0v) is 12.7. The van der Waals surface area contributed by atoms with Crippen molar-refractivity contribution in [2.45, 2.75) is 26.4 Å². The van der Waals surface area contributed by atoms with E-state index in [9.17, 15) is 9.59 Å². The Kier molecular flexibility index (Phi) is 4.50. The van der Waals surface area contributed by atoms with E-state index in [0.29, 0.717) is 11.4 Å². The molecule has 0 saturated heterocycles. The molecule has 1 aromatic carbocycles. The van der Waals surface area contributed by atoms with Gasteiger partial charge >= 0.3 is 6.09 Å². The topological polar surface area (TPSA) is 80.6 Å². The van der Waals surface area contributed by atoms with Gasteiger partial charge in [0.05, 0.1) is 6.26 Å². The van der Waals surface area contributed by atoms with Crippen molar-refractivity contribution >= 4 is 23.4 Å². The smallest absolute Gasteiger partial charge is 0.412 e. The number of anilines is 2. The lowest BCUT2D eigenvalue weighted by atomic mass is 10.2. The van der Waals surface area contributed by atoms with Gasteiger partial charge in [-0.25, -0.2) is 4.79 Å². The molecule has 6 nitrogen and oxygen atoms in total. The Balaban J connectivity index is 2.01. The molecule has 0 aliphatic rings. The van der Waals surface area contributed by atoms with Crippen LogP contribution in [-0.2, 0) is 4.74 Å². The highest BCUT2D eigenvalue weighted by Crippen LogP contribution is 2.17. The van der Waals surface area contributed by atoms with Crippen molar-refractivity contribution in [3.05, 3.63) is 48.4 Å². The van der Waals surface area contributed by atoms with E-state index in [1.165, 1.54) is 6.26 Å². The fourth-order valence-electron chi connectivity index (χ4n) is 1.70. The lowest BCUT2D eigenvalue weighted by Crippen LogP contribution is -2.27. The molecular weight excluding hydrogens is 284 g/mol. The summed E-state index contributed by atoms with van der Waals surface area (Å²) in [6.07, 6.45) is 0.872. The van der Waals surface area contributed by atoms with Gasteiger partial charge in [-0.3, -0.25) is 10.1 Å². The van der Waals surface area contributed by atoms with Crippen molar-refractivity contribution in [3.63, 3.8) is 0 Å². The Morgan fingerprint density at radius 1 is 1.05 bits per heavy atom. The highest BCUT2D eigenvalue weighted by molar-refractivity contribution is 6.02. The molecular formula is C16H18N2O4. The zero-order valence-electron chi connectivity index (χ0n) is 12.7. The minimum Gasteiger partial charge on any atom is -0.459 e. The van der Waals surface area contributed by atoms with E-state index in [0.717, 1.165) is 0 Å². The van der Waals surface area contributed by atoms with Gasteiger partial charge in [0.15, 0.2) is 5.76 Å². The van der Waals surface area contributed by atoms with Crippen molar-refractivity contribution in [2.24, 2.45) is 0 Å². The third-order valence-electron chi connectivity index (χ3n) is 2.51. The SMILES string of the molecule is CC(C)(C)OC(=O)Nc1cccc(NC(=O)c2ccco2)c1. The van der Waals surface area contributed by atoms with Crippen molar-refractivity contribution in [1.29, 1.82) is 0 Å². The first-order valence-corrected chi connectivity index (χ1v) is 6.78. The summed E-state index contributed by atoms with van der Waals surface area (Å²) < 4.78 is 10.2. The van der Waals surface area contributed by atoms with E-state index in [-0.39, 0.29) is 11.7 Å². The highest BCUT2D eigenvalue weighted by atomic mass is 16.6. The third kappa shape index (κ3) is 4.66. The molecule has 2 rings (SSSR count). The number of rotatable bonds is 3. The summed E-state index contributed by atoms with van der Waals surface area (Å²) >= 11 is 0. The Morgan fingerprint density at radius 2 is 1.73 bits per heavy atom. The van der Waals surface area contributed by atoms with Gasteiger partial charge in [0.25, 0.3) is 5.91 Å². The predicted molar refractivity (Wildman–Crippen MR) is 83.0 cm³/mol. The van der Waals surface area contributed by atoms with Gasteiger partial charge in [-0.1, -0.05) is 6.07 Å². The molecule has 0 saturated carbocycles. The number of carbonyl (C=O) groups excluding carboxylic acids is 2. The van der Waals surface area contributed by atoms with Crippen LogP contribution in [0.2, 0.25) is 0 Å². The monoisotopic (exact) mass is 302 g/mol. The van der Waals surface area contributed by atoms with E-state index in [1.54, 1.807) is 57.2 Å². The number of nitrogens with one attached hydrogen (secondary N) is 2. The van der Waals surface area contributed by atoms with Crippen LogP contribution in [0, 0.1) is 0 Å². The average Bonchev–Trinajstić information content (AvgIpc) is 2.90. The van der Waals surface area contributed by atoms with Crippen LogP contribution >= 0.6 is 0 Å². The molecule has 1 heterocycles. The fourth-order valence-corrected chi connectivity index (χ4v) is 1.70. The van der Waals surface area contributed by atoms with E-state index < -0.39 is 11.7 Å². The molecule has 1 aromatic heterocycles. The molecule has 2 aromatic rings. The highest BCUT2D eigenvalue weighted by Gasteiger charge is 2.16. The number of amides is 2. The second kappa shape index (κ2) is 6.34. The normalized spacial score (nSPS) is 10.9. The molecule has 2 N–H and O–H groups in total. The molecule has 116 valence electrons. The number of carbonyl (C=O) groups is 2. The lowest BCUT2D eigenvalue weighted by molar-refractivity contribution is 0.0636. The van der Waals surface area contributed by atoms with Crippen molar-refractivity contribution in [1.82, 2.24) is 0 Å². The quantitative estimate of drug-likeness (QED) is 0.901. The van der Waals surface area contributed by atoms with Crippen LogP contribution < -0.4 is 10.6 Å². The standard InChI is InChI=1S/C16H18N2O4/c1-16(2,3)22-15(20)18-12-7-4-6-11(10-12)17-14(19)13-8-5-9-21-13/h4-10H,1-3H3,(H,17,19)(H,18,20). The number of furan rings is 1. The van der Waals surface area contributed by atoms with Crippen molar-refractivity contribution < 1.29 is 18.7 Å². The van der Waals surface area contributed by atoms with Gasteiger partial charge < -0.3 is 14.5 Å². The van der Waals surface area contributed by atoms with Crippen LogP contribution in [0.25, 0.3) is 0 Å². The number of benzene rings is 1. The maximum absolute atomic E-state index is 11.9. The first-order chi connectivity index (χ1) is 10.3. The van der Waals surface area contributed by atoms with E-state index in [4.69, 9.17) is 9.15 Å². The summed E-state index contributed by atoms with van der Waals surface area (Å²) in [5.41, 5.74) is 0.483. The van der Waals surface area contributed by atoms with Gasteiger partial charge in [0, 0.05) is 11.4 Å². The summed E-state index contributed by atoms with van der Waals surface area (Å²) in [7, 11) is 0. The van der Waals surface area contributed by atoms with Crippen LogP contribution in [0.5, 0.6) is 0 Å². The summed E-state index contributed by atoms with van der Waals surface area (Å²) in [6.45, 7) is 5.35. The first-order valence-electron chi connectivity index (χ1n) is 6.78. The maximum Gasteiger partial charge on any atom is 0.412 e. The Bertz CT molecular complexity index is 657. The first kappa shape index (κ1) is 15.6. The minimum atomic E-state index is -0.574. The molecule has 0 spiro atoms. The van der Waals surface area contributed by atoms with Crippen LogP contribution in [0.3, 0.4) is 0 Å². The summed E-state index contributed by atoms with van der Waals surface area (Å²) in [4.78, 5) is 23.6. The van der Waals surface area contributed by atoms with Gasteiger partial charge in [0.2, 0.25) is 0 Å². The molecule has 0 fully saturated rings. The molecule has 2 amide bonds. The number of hydrogen-bond acceptors (Lipinski definition) is 4. The van der Waals surface area contributed by atoms with Gasteiger partial charge in [0.1, 0.15) is 5.60 Å². The lowest BCUT2D eigenvalue weighted by Gasteiger charge is -2.19. The van der Waals surface area contributed by atoms with Crippen molar-refractivity contribution in [2.75, 3.05) is 10.6 Å². The summed E-state index contributed by atoms with van der Waals surface area (Å²) in [5, 5.41) is 5.29. The van der Waals surface area contributed by atoms with E-state index in [1.807, 2.05) is 0 Å². The van der Waals surface area contributed by atoms with Gasteiger partial charge in [-0.05, 0) is 51.1 Å². The van der Waals surface area contributed by atoms with Gasteiger partial charge in [-0.2, -0.15) is 0 Å². The molecule has 0 atom stereocenters. The Hall–Kier alpha value is -2.76. The second-order valence-electron chi connectivity index (χ2n) is 5.64.